The molecule has 0 bridgehead atoms. The fourth-order valence-electron chi connectivity index (χ4n) is 3.25. The van der Waals surface area contributed by atoms with Gasteiger partial charge in [0, 0.05) is 25.5 Å². The van der Waals surface area contributed by atoms with Crippen LogP contribution in [0.15, 0.2) is 54.9 Å². The first kappa shape index (κ1) is 18.8. The maximum absolute atomic E-state index is 12.3. The Morgan fingerprint density at radius 2 is 1.86 bits per heavy atom. The summed E-state index contributed by atoms with van der Waals surface area (Å²) in [5.74, 6) is 1.80. The van der Waals surface area contributed by atoms with Gasteiger partial charge in [0.25, 0.3) is 0 Å². The fraction of sp³-hybridized carbons (Fsp3) is 0.273. The summed E-state index contributed by atoms with van der Waals surface area (Å²) in [5, 5.41) is 9.14. The van der Waals surface area contributed by atoms with Gasteiger partial charge in [0.05, 0.1) is 37.3 Å². The Morgan fingerprint density at radius 3 is 2.66 bits per heavy atom. The third-order valence-corrected chi connectivity index (χ3v) is 4.73. The van der Waals surface area contributed by atoms with Gasteiger partial charge in [-0.3, -0.25) is 4.79 Å². The lowest BCUT2D eigenvalue weighted by atomic mass is 10.3. The van der Waals surface area contributed by atoms with Crippen molar-refractivity contribution in [2.24, 2.45) is 0 Å². The average Bonchev–Trinajstić information content (AvgIpc) is 3.20. The number of nitrogens with zero attached hydrogens (tertiary/aromatic N) is 3. The van der Waals surface area contributed by atoms with Crippen LogP contribution in [-0.2, 0) is 9.53 Å². The number of hydrogen-bond acceptors (Lipinski definition) is 5. The molecule has 0 radical (unpaired) electrons. The van der Waals surface area contributed by atoms with E-state index in [-0.39, 0.29) is 12.5 Å². The first-order valence-corrected chi connectivity index (χ1v) is 9.50. The van der Waals surface area contributed by atoms with Crippen LogP contribution in [0.4, 0.5) is 0 Å². The molecule has 0 spiro atoms. The number of nitriles is 1. The zero-order valence-electron chi connectivity index (χ0n) is 15.9. The number of aromatic nitrogens is 1. The lowest BCUT2D eigenvalue weighted by Gasteiger charge is -2.26. The highest BCUT2D eigenvalue weighted by Crippen LogP contribution is 2.33. The highest BCUT2D eigenvalue weighted by Gasteiger charge is 2.17. The smallest absolute Gasteiger partial charge is 0.226 e. The highest BCUT2D eigenvalue weighted by atomic mass is 16.5. The summed E-state index contributed by atoms with van der Waals surface area (Å²) in [6, 6.07) is 15.0. The van der Waals surface area contributed by atoms with Crippen molar-refractivity contribution in [3.05, 3.63) is 60.4 Å². The molecule has 1 aliphatic heterocycles. The van der Waals surface area contributed by atoms with Crippen LogP contribution in [0.5, 0.6) is 17.2 Å². The van der Waals surface area contributed by atoms with E-state index in [1.807, 2.05) is 47.0 Å². The summed E-state index contributed by atoms with van der Waals surface area (Å²) in [7, 11) is 0. The Kier molecular flexibility index (Phi) is 5.63. The van der Waals surface area contributed by atoms with Crippen LogP contribution >= 0.6 is 0 Å². The largest absolute Gasteiger partial charge is 0.489 e. The molecule has 7 heteroatoms. The van der Waals surface area contributed by atoms with Gasteiger partial charge in [-0.25, -0.2) is 0 Å². The van der Waals surface area contributed by atoms with Crippen molar-refractivity contribution in [2.45, 2.75) is 6.42 Å². The summed E-state index contributed by atoms with van der Waals surface area (Å²) in [6.07, 6.45) is 3.92. The predicted molar refractivity (Wildman–Crippen MR) is 106 cm³/mol. The molecule has 0 aliphatic carbocycles. The van der Waals surface area contributed by atoms with Crippen molar-refractivity contribution < 1.29 is 19.0 Å². The summed E-state index contributed by atoms with van der Waals surface area (Å²) in [4.78, 5) is 14.1. The van der Waals surface area contributed by atoms with E-state index in [4.69, 9.17) is 19.5 Å². The Labute approximate surface area is 168 Å². The number of amides is 1. The van der Waals surface area contributed by atoms with Crippen molar-refractivity contribution in [3.63, 3.8) is 0 Å². The first-order chi connectivity index (χ1) is 14.2. The van der Waals surface area contributed by atoms with Gasteiger partial charge in [0.2, 0.25) is 5.91 Å². The number of hydrogen-bond donors (Lipinski definition) is 0. The molecule has 1 saturated heterocycles. The minimum Gasteiger partial charge on any atom is -0.489 e. The first-order valence-electron chi connectivity index (χ1n) is 9.50. The summed E-state index contributed by atoms with van der Waals surface area (Å²) in [5.41, 5.74) is 1.36. The molecule has 1 aromatic carbocycles. The number of carbonyl (C=O) groups is 1. The second-order valence-electron chi connectivity index (χ2n) is 6.65. The normalized spacial score (nSPS) is 13.8. The average molecular weight is 391 g/mol. The van der Waals surface area contributed by atoms with Crippen LogP contribution in [0, 0.1) is 11.3 Å². The van der Waals surface area contributed by atoms with Crippen LogP contribution in [0.25, 0.3) is 5.52 Å². The number of pyridine rings is 1. The third kappa shape index (κ3) is 4.33. The van der Waals surface area contributed by atoms with E-state index in [9.17, 15) is 4.79 Å². The number of rotatable bonds is 6. The van der Waals surface area contributed by atoms with Gasteiger partial charge in [-0.05, 0) is 30.3 Å². The van der Waals surface area contributed by atoms with Crippen molar-refractivity contribution >= 4 is 11.4 Å². The predicted octanol–water partition coefficient (Wildman–Crippen LogP) is 3.23. The zero-order chi connectivity index (χ0) is 20.1. The lowest BCUT2D eigenvalue weighted by molar-refractivity contribution is -0.135. The van der Waals surface area contributed by atoms with Crippen LogP contribution in [-0.4, -0.2) is 48.1 Å². The molecule has 0 N–H and O–H groups in total. The van der Waals surface area contributed by atoms with E-state index in [1.165, 1.54) is 0 Å². The van der Waals surface area contributed by atoms with Gasteiger partial charge in [-0.1, -0.05) is 12.1 Å². The summed E-state index contributed by atoms with van der Waals surface area (Å²) in [6.45, 7) is 2.70. The SMILES string of the molecule is N#Cc1cc2c(Oc3ccccc3OCCC(=O)N3CCOCC3)cccn2c1. The molecule has 1 fully saturated rings. The van der Waals surface area contributed by atoms with Crippen molar-refractivity contribution in [2.75, 3.05) is 32.9 Å². The molecule has 0 unspecified atom stereocenters. The number of morpholine rings is 1. The standard InChI is InChI=1S/C22H21N3O4/c23-15-17-14-18-19(6-3-8-25(18)16-17)29-21-5-2-1-4-20(21)28-11-7-22(26)24-9-12-27-13-10-24/h1-6,8,14,16H,7,9-13H2. The van der Waals surface area contributed by atoms with Gasteiger partial charge in [0.15, 0.2) is 17.2 Å². The summed E-state index contributed by atoms with van der Waals surface area (Å²) >= 11 is 0. The van der Waals surface area contributed by atoms with Gasteiger partial charge in [-0.15, -0.1) is 0 Å². The zero-order valence-corrected chi connectivity index (χ0v) is 15.9. The van der Waals surface area contributed by atoms with E-state index in [0.717, 1.165) is 5.52 Å². The van der Waals surface area contributed by atoms with Crippen molar-refractivity contribution in [1.29, 1.82) is 5.26 Å². The second-order valence-corrected chi connectivity index (χ2v) is 6.65. The van der Waals surface area contributed by atoms with Crippen molar-refractivity contribution in [1.82, 2.24) is 9.30 Å². The Balaban J connectivity index is 1.44. The molecule has 1 aliphatic rings. The van der Waals surface area contributed by atoms with Gasteiger partial charge in [-0.2, -0.15) is 5.26 Å². The number of ether oxygens (including phenoxy) is 3. The van der Waals surface area contributed by atoms with Crippen LogP contribution in [0.3, 0.4) is 0 Å². The Bertz CT molecular complexity index is 1050. The Morgan fingerprint density at radius 1 is 1.10 bits per heavy atom. The number of benzene rings is 1. The van der Waals surface area contributed by atoms with E-state index in [2.05, 4.69) is 6.07 Å². The molecule has 3 heterocycles. The highest BCUT2D eigenvalue weighted by molar-refractivity contribution is 5.76. The molecule has 1 amide bonds. The number of para-hydroxylation sites is 2. The molecule has 7 nitrogen and oxygen atoms in total. The molecule has 29 heavy (non-hydrogen) atoms. The number of carbonyl (C=O) groups excluding carboxylic acids is 1. The maximum Gasteiger partial charge on any atom is 0.226 e. The summed E-state index contributed by atoms with van der Waals surface area (Å²) < 4.78 is 19.1. The van der Waals surface area contributed by atoms with Crippen LogP contribution < -0.4 is 9.47 Å². The lowest BCUT2D eigenvalue weighted by Crippen LogP contribution is -2.41. The molecular formula is C22H21N3O4. The van der Waals surface area contributed by atoms with Crippen LogP contribution in [0.1, 0.15) is 12.0 Å². The molecule has 4 rings (SSSR count). The quantitative estimate of drug-likeness (QED) is 0.645. The molecular weight excluding hydrogens is 370 g/mol. The number of fused-ring (bicyclic) bond motifs is 1. The molecule has 2 aromatic heterocycles. The molecule has 0 saturated carbocycles. The molecule has 3 aromatic rings. The topological polar surface area (TPSA) is 76.2 Å². The monoisotopic (exact) mass is 391 g/mol. The van der Waals surface area contributed by atoms with Gasteiger partial charge in [0.1, 0.15) is 6.07 Å². The van der Waals surface area contributed by atoms with Gasteiger partial charge < -0.3 is 23.5 Å². The fourth-order valence-corrected chi connectivity index (χ4v) is 3.25. The minimum absolute atomic E-state index is 0.0636. The minimum atomic E-state index is 0.0636. The third-order valence-electron chi connectivity index (χ3n) is 4.73. The van der Waals surface area contributed by atoms with E-state index in [1.54, 1.807) is 17.2 Å². The van der Waals surface area contributed by atoms with E-state index < -0.39 is 0 Å². The second kappa shape index (κ2) is 8.67. The Hall–Kier alpha value is -3.50. The van der Waals surface area contributed by atoms with Crippen LogP contribution in [0.2, 0.25) is 0 Å². The molecule has 0 atom stereocenters. The van der Waals surface area contributed by atoms with Gasteiger partial charge >= 0.3 is 0 Å². The maximum atomic E-state index is 12.3. The van der Waals surface area contributed by atoms with Crippen molar-refractivity contribution in [3.8, 4) is 23.3 Å². The molecule has 148 valence electrons. The van der Waals surface area contributed by atoms with E-state index in [0.29, 0.717) is 55.5 Å². The van der Waals surface area contributed by atoms with E-state index >= 15 is 0 Å².